The molecular weight excluding hydrogens is 220 g/mol. The van der Waals surface area contributed by atoms with Gasteiger partial charge in [-0.2, -0.15) is 0 Å². The number of amides is 1. The second-order valence-electron chi connectivity index (χ2n) is 4.95. The van der Waals surface area contributed by atoms with Crippen LogP contribution in [-0.2, 0) is 9.59 Å². The van der Waals surface area contributed by atoms with Gasteiger partial charge < -0.3 is 10.4 Å². The molecule has 1 saturated heterocycles. The number of rotatable bonds is 4. The highest BCUT2D eigenvalue weighted by Gasteiger charge is 2.28. The largest absolute Gasteiger partial charge is 0.563 e. The Morgan fingerprint density at radius 2 is 1.88 bits per heavy atom. The molecule has 1 amide bonds. The number of hydrogen-bond acceptors (Lipinski definition) is 3. The zero-order valence-electron chi connectivity index (χ0n) is 10.8. The maximum Gasteiger partial charge on any atom is 0.538 e. The van der Waals surface area contributed by atoms with Crippen molar-refractivity contribution in [3.63, 3.8) is 0 Å². The second-order valence-corrected chi connectivity index (χ2v) is 4.95. The number of carbonyl (C=O) groups excluding carboxylic acids is 2. The fraction of sp³-hybridized carbons (Fsp3) is 0.833. The van der Waals surface area contributed by atoms with Gasteiger partial charge in [0.05, 0.1) is 6.54 Å². The Kier molecular flexibility index (Phi) is 4.93. The predicted molar refractivity (Wildman–Crippen MR) is 65.7 cm³/mol. The van der Waals surface area contributed by atoms with Gasteiger partial charge in [0.2, 0.25) is 5.91 Å². The van der Waals surface area contributed by atoms with Crippen molar-refractivity contribution in [2.24, 2.45) is 0 Å². The summed E-state index contributed by atoms with van der Waals surface area (Å²) < 4.78 is 0. The van der Waals surface area contributed by atoms with Crippen LogP contribution >= 0.6 is 0 Å². The van der Waals surface area contributed by atoms with Crippen LogP contribution in [0.15, 0.2) is 0 Å². The third-order valence-corrected chi connectivity index (χ3v) is 3.47. The van der Waals surface area contributed by atoms with Crippen molar-refractivity contribution in [2.75, 3.05) is 6.54 Å². The number of likely N-dealkylation sites (tertiary alicyclic amines) is 1. The standard InChI is InChI=1S/C12H22N2O3/c1-8-5-4-6-9(2)14(8)7-11(15)13-10(3)12(16)17/h8-10H,4-7H2,1-3H3,(H,13,15)(H,16,17)/p+1. The molecule has 1 heterocycles. The highest BCUT2D eigenvalue weighted by atomic mass is 16.4. The summed E-state index contributed by atoms with van der Waals surface area (Å²) in [6.45, 7) is 6.11. The van der Waals surface area contributed by atoms with Crippen LogP contribution in [0.5, 0.6) is 0 Å². The Bertz CT molecular complexity index is 283. The van der Waals surface area contributed by atoms with Gasteiger partial charge in [0, 0.05) is 16.9 Å². The normalized spacial score (nSPS) is 27.5. The minimum absolute atomic E-state index is 0.168. The molecule has 0 bridgehead atoms. The van der Waals surface area contributed by atoms with Crippen molar-refractivity contribution in [3.05, 3.63) is 0 Å². The van der Waals surface area contributed by atoms with Gasteiger partial charge >= 0.3 is 5.97 Å². The lowest BCUT2D eigenvalue weighted by Crippen LogP contribution is -2.50. The van der Waals surface area contributed by atoms with Gasteiger partial charge in [-0.3, -0.25) is 9.69 Å². The molecule has 0 aromatic heterocycles. The molecule has 1 aliphatic heterocycles. The molecule has 5 nitrogen and oxygen atoms in total. The Labute approximate surface area is 102 Å². The molecule has 1 aliphatic rings. The average molecular weight is 243 g/mol. The zero-order valence-corrected chi connectivity index (χ0v) is 10.8. The van der Waals surface area contributed by atoms with Gasteiger partial charge in [-0.05, 0) is 33.6 Å². The molecule has 3 unspecified atom stereocenters. The second kappa shape index (κ2) is 6.00. The number of hydrogen-bond donors (Lipinski definition) is 1. The first-order chi connectivity index (χ1) is 7.91. The lowest BCUT2D eigenvalue weighted by molar-refractivity contribution is -0.141. The molecule has 1 fully saturated rings. The molecule has 3 N–H and O–H groups in total. The quantitative estimate of drug-likeness (QED) is 0.707. The lowest BCUT2D eigenvalue weighted by atomic mass is 9.97. The van der Waals surface area contributed by atoms with Gasteiger partial charge in [0.25, 0.3) is 0 Å². The average Bonchev–Trinajstić information content (AvgIpc) is 2.23. The van der Waals surface area contributed by atoms with Crippen LogP contribution in [-0.4, -0.2) is 46.6 Å². The molecule has 17 heavy (non-hydrogen) atoms. The lowest BCUT2D eigenvalue weighted by Gasteiger charge is -2.38. The van der Waals surface area contributed by atoms with E-state index >= 15 is 0 Å². The molecule has 5 heteroatoms. The van der Waals surface area contributed by atoms with Crippen LogP contribution in [0.4, 0.5) is 0 Å². The number of carbonyl (C=O) groups is 2. The van der Waals surface area contributed by atoms with Gasteiger partial charge in [0.1, 0.15) is 0 Å². The van der Waals surface area contributed by atoms with Crippen molar-refractivity contribution in [2.45, 2.75) is 58.2 Å². The summed E-state index contributed by atoms with van der Waals surface area (Å²) in [5.74, 6) is -0.920. The molecule has 1 rings (SSSR count). The number of piperidine rings is 1. The maximum atomic E-state index is 11.7. The fourth-order valence-electron chi connectivity index (χ4n) is 2.30. The van der Waals surface area contributed by atoms with E-state index in [-0.39, 0.29) is 5.91 Å². The van der Waals surface area contributed by atoms with E-state index in [9.17, 15) is 9.59 Å². The molecule has 0 spiro atoms. The third-order valence-electron chi connectivity index (χ3n) is 3.47. The van der Waals surface area contributed by atoms with Crippen molar-refractivity contribution in [1.29, 1.82) is 0 Å². The van der Waals surface area contributed by atoms with Crippen LogP contribution in [0.3, 0.4) is 0 Å². The van der Waals surface area contributed by atoms with Crippen molar-refractivity contribution in [1.82, 2.24) is 10.2 Å². The molecule has 0 saturated carbocycles. The van der Waals surface area contributed by atoms with Gasteiger partial charge in [-0.15, -0.1) is 0 Å². The van der Waals surface area contributed by atoms with Crippen LogP contribution in [0, 0.1) is 0 Å². The Morgan fingerprint density at radius 1 is 1.35 bits per heavy atom. The number of nitrogens with zero attached hydrogens (tertiary/aromatic N) is 1. The van der Waals surface area contributed by atoms with Gasteiger partial charge in [0.15, 0.2) is 6.04 Å². The Hall–Kier alpha value is -1.10. The van der Waals surface area contributed by atoms with Crippen LogP contribution in [0.1, 0.15) is 40.0 Å². The van der Waals surface area contributed by atoms with E-state index in [1.165, 1.54) is 13.3 Å². The van der Waals surface area contributed by atoms with E-state index < -0.39 is 12.0 Å². The van der Waals surface area contributed by atoms with E-state index in [0.717, 1.165) is 12.8 Å². The van der Waals surface area contributed by atoms with E-state index in [0.29, 0.717) is 18.6 Å². The Morgan fingerprint density at radius 3 is 2.35 bits per heavy atom. The molecule has 0 aliphatic carbocycles. The summed E-state index contributed by atoms with van der Waals surface area (Å²) in [6.07, 6.45) is 3.44. The van der Waals surface area contributed by atoms with E-state index in [2.05, 4.69) is 24.1 Å². The third kappa shape index (κ3) is 4.00. The SMILES string of the molecule is CC(NC(=O)CN1C(C)CCCC1C)C(=O)[OH2+]. The molecular formula is C12H23N2O3+. The highest BCUT2D eigenvalue weighted by molar-refractivity contribution is 5.84. The monoisotopic (exact) mass is 243 g/mol. The summed E-state index contributed by atoms with van der Waals surface area (Å²) in [6, 6.07) is 0.107. The van der Waals surface area contributed by atoms with E-state index in [1.54, 1.807) is 0 Å². The minimum atomic E-state index is -0.752. The smallest absolute Gasteiger partial charge is 0.538 e. The summed E-state index contributed by atoms with van der Waals surface area (Å²) in [5.41, 5.74) is 0. The van der Waals surface area contributed by atoms with E-state index in [1.807, 2.05) is 0 Å². The first kappa shape index (κ1) is 14.0. The van der Waals surface area contributed by atoms with Gasteiger partial charge in [-0.25, -0.2) is 0 Å². The maximum absolute atomic E-state index is 11.7. The summed E-state index contributed by atoms with van der Waals surface area (Å²) in [7, 11) is 0. The topological polar surface area (TPSA) is 72.3 Å². The molecule has 98 valence electrons. The first-order valence-corrected chi connectivity index (χ1v) is 6.22. The molecule has 0 aromatic rings. The van der Waals surface area contributed by atoms with Crippen molar-refractivity contribution in [3.8, 4) is 0 Å². The summed E-state index contributed by atoms with van der Waals surface area (Å²) >= 11 is 0. The minimum Gasteiger partial charge on any atom is -0.563 e. The number of nitrogens with one attached hydrogen (secondary N) is 1. The highest BCUT2D eigenvalue weighted by Crippen LogP contribution is 2.21. The van der Waals surface area contributed by atoms with E-state index in [4.69, 9.17) is 5.11 Å². The molecule has 0 aromatic carbocycles. The van der Waals surface area contributed by atoms with Crippen LogP contribution in [0.25, 0.3) is 0 Å². The fourth-order valence-corrected chi connectivity index (χ4v) is 2.30. The predicted octanol–water partition coefficient (Wildman–Crippen LogP) is 0.00520. The summed E-state index contributed by atoms with van der Waals surface area (Å²) in [5, 5.41) is 9.46. The van der Waals surface area contributed by atoms with Crippen molar-refractivity contribution >= 4 is 11.9 Å². The van der Waals surface area contributed by atoms with Crippen molar-refractivity contribution < 1.29 is 14.7 Å². The molecule has 3 atom stereocenters. The molecule has 0 radical (unpaired) electrons. The van der Waals surface area contributed by atoms with Gasteiger partial charge in [-0.1, -0.05) is 6.42 Å². The first-order valence-electron chi connectivity index (χ1n) is 6.22. The summed E-state index contributed by atoms with van der Waals surface area (Å²) in [4.78, 5) is 24.6. The van der Waals surface area contributed by atoms with Crippen LogP contribution < -0.4 is 5.32 Å². The van der Waals surface area contributed by atoms with Crippen LogP contribution in [0.2, 0.25) is 0 Å². The zero-order chi connectivity index (χ0) is 13.0. The Balaban J connectivity index is 2.46.